The van der Waals surface area contributed by atoms with Crippen LogP contribution in [-0.4, -0.2) is 64.3 Å². The van der Waals surface area contributed by atoms with Crippen LogP contribution in [0, 0.1) is 0 Å². The Bertz CT molecular complexity index is 831. The van der Waals surface area contributed by atoms with E-state index >= 15 is 0 Å². The predicted molar refractivity (Wildman–Crippen MR) is 66.7 cm³/mol. The summed E-state index contributed by atoms with van der Waals surface area (Å²) in [7, 11) is -7.52. The summed E-state index contributed by atoms with van der Waals surface area (Å²) < 4.78 is 243. The summed E-state index contributed by atoms with van der Waals surface area (Å²) in [5, 5.41) is -7.10. The van der Waals surface area contributed by atoms with Crippen molar-refractivity contribution in [1.29, 1.82) is 0 Å². The lowest BCUT2D eigenvalue weighted by Crippen LogP contribution is -2.75. The number of halogens is 19. The molecule has 32 heavy (non-hydrogen) atoms. The maximum absolute atomic E-state index is 13.6. The molecule has 0 spiro atoms. The van der Waals surface area contributed by atoms with E-state index in [1.807, 2.05) is 0 Å². The van der Waals surface area contributed by atoms with E-state index < -0.39 is 61.4 Å². The monoisotopic (exact) mass is 582 g/mol. The van der Waals surface area contributed by atoms with Gasteiger partial charge in [-0.1, -0.05) is 23.2 Å². The summed E-state index contributed by atoms with van der Waals surface area (Å²) >= 11 is 7.75. The highest BCUT2D eigenvalue weighted by Crippen LogP contribution is 2.66. The molecular formula is C9HCl2F17O3S. The van der Waals surface area contributed by atoms with Gasteiger partial charge in [0.1, 0.15) is 0 Å². The van der Waals surface area contributed by atoms with Crippen LogP contribution in [0.2, 0.25) is 0 Å². The van der Waals surface area contributed by atoms with Crippen LogP contribution in [0.1, 0.15) is 0 Å². The molecule has 0 aromatic carbocycles. The first-order valence-electron chi connectivity index (χ1n) is 6.31. The molecule has 0 fully saturated rings. The van der Waals surface area contributed by atoms with Crippen molar-refractivity contribution < 1.29 is 87.6 Å². The Balaban J connectivity index is 7.06. The third-order valence-corrected chi connectivity index (χ3v) is 5.54. The van der Waals surface area contributed by atoms with E-state index in [0.29, 0.717) is 0 Å². The van der Waals surface area contributed by atoms with Gasteiger partial charge < -0.3 is 0 Å². The maximum Gasteiger partial charge on any atom is 0.460 e. The molecule has 0 aliphatic heterocycles. The minimum atomic E-state index is -8.84. The van der Waals surface area contributed by atoms with E-state index in [1.54, 1.807) is 0 Å². The molecule has 0 saturated heterocycles. The highest BCUT2D eigenvalue weighted by molar-refractivity contribution is 7.87. The standard InChI is InChI=1S/C9HCl2F17O3S/c10-1(11,9(27,28)32(29,30)31)2(12,13)3(14,15)4(16,17)5(18,19)6(20,21)7(22,23)8(24,25)26/h(H,29,30,31). The highest BCUT2D eigenvalue weighted by Gasteiger charge is 2.96. The van der Waals surface area contributed by atoms with Crippen LogP contribution in [-0.2, 0) is 10.1 Å². The average molecular weight is 583 g/mol. The number of hydrogen-bond donors (Lipinski definition) is 1. The first kappa shape index (κ1) is 31.3. The predicted octanol–water partition coefficient (Wildman–Crippen LogP) is 6.02. The van der Waals surface area contributed by atoms with Gasteiger partial charge in [0, 0.05) is 0 Å². The van der Waals surface area contributed by atoms with Crippen molar-refractivity contribution in [3.8, 4) is 0 Å². The molecule has 0 heterocycles. The van der Waals surface area contributed by atoms with E-state index in [0.717, 1.165) is 0 Å². The van der Waals surface area contributed by atoms with Crippen LogP contribution in [0.25, 0.3) is 0 Å². The molecule has 0 unspecified atom stereocenters. The summed E-state index contributed by atoms with van der Waals surface area (Å²) in [4.78, 5) is 0. The van der Waals surface area contributed by atoms with Crippen LogP contribution in [0.4, 0.5) is 74.6 Å². The van der Waals surface area contributed by atoms with Gasteiger partial charge in [0.25, 0.3) is 4.33 Å². The van der Waals surface area contributed by atoms with Gasteiger partial charge in [-0.25, -0.2) is 0 Å². The second-order valence-electron chi connectivity index (χ2n) is 5.51. The van der Waals surface area contributed by atoms with E-state index in [2.05, 4.69) is 23.2 Å². The SMILES string of the molecule is O=S(=O)(O)C(F)(F)C(Cl)(Cl)C(F)(F)C(F)(F)C(F)(F)C(F)(F)C(F)(F)C(F)(F)C(F)(F)F. The van der Waals surface area contributed by atoms with Crippen LogP contribution in [0.3, 0.4) is 0 Å². The molecule has 0 aromatic rings. The van der Waals surface area contributed by atoms with Gasteiger partial charge in [-0.15, -0.1) is 0 Å². The van der Waals surface area contributed by atoms with Gasteiger partial charge in [0.2, 0.25) is 0 Å². The Labute approximate surface area is 173 Å². The topological polar surface area (TPSA) is 54.4 Å². The zero-order valence-electron chi connectivity index (χ0n) is 13.4. The van der Waals surface area contributed by atoms with E-state index in [-0.39, 0.29) is 0 Å². The smallest absolute Gasteiger partial charge is 0.281 e. The van der Waals surface area contributed by atoms with Crippen molar-refractivity contribution in [2.24, 2.45) is 0 Å². The fourth-order valence-electron chi connectivity index (χ4n) is 1.51. The van der Waals surface area contributed by atoms with Gasteiger partial charge in [-0.05, 0) is 0 Å². The third kappa shape index (κ3) is 3.64. The summed E-state index contributed by atoms with van der Waals surface area (Å²) in [5.74, 6) is -51.4. The molecule has 0 aliphatic carbocycles. The molecule has 0 aliphatic rings. The van der Waals surface area contributed by atoms with E-state index in [9.17, 15) is 83.1 Å². The summed E-state index contributed by atoms with van der Waals surface area (Å²) in [5.41, 5.74) is 0. The molecule has 0 bridgehead atoms. The van der Waals surface area contributed by atoms with Crippen molar-refractivity contribution in [2.75, 3.05) is 0 Å². The van der Waals surface area contributed by atoms with Gasteiger partial charge in [0.15, 0.2) is 0 Å². The first-order chi connectivity index (χ1) is 13.2. The molecule has 0 amide bonds. The molecule has 0 atom stereocenters. The van der Waals surface area contributed by atoms with Crippen molar-refractivity contribution in [3.05, 3.63) is 0 Å². The van der Waals surface area contributed by atoms with Crippen LogP contribution in [0.5, 0.6) is 0 Å². The average Bonchev–Trinajstić information content (AvgIpc) is 2.51. The van der Waals surface area contributed by atoms with Gasteiger partial charge >= 0.3 is 57.1 Å². The van der Waals surface area contributed by atoms with E-state index in [1.165, 1.54) is 0 Å². The highest BCUT2D eigenvalue weighted by atomic mass is 35.5. The minimum absolute atomic E-state index is 3.87. The molecule has 0 radical (unpaired) electrons. The first-order valence-corrected chi connectivity index (χ1v) is 8.51. The molecule has 3 nitrogen and oxygen atoms in total. The molecular weight excluding hydrogens is 582 g/mol. The number of alkyl halides is 19. The fraction of sp³-hybridized carbons (Fsp3) is 1.00. The molecule has 1 N–H and O–H groups in total. The summed E-state index contributed by atoms with van der Waals surface area (Å²) in [6.45, 7) is 0. The van der Waals surface area contributed by atoms with Gasteiger partial charge in [-0.3, -0.25) is 4.55 Å². The molecule has 0 rings (SSSR count). The zero-order chi connectivity index (χ0) is 27.0. The summed E-state index contributed by atoms with van der Waals surface area (Å²) in [6.07, 6.45) is -7.89. The largest absolute Gasteiger partial charge is 0.460 e. The quantitative estimate of drug-likeness (QED) is 0.216. The molecule has 23 heteroatoms. The lowest BCUT2D eigenvalue weighted by atomic mass is 9.90. The lowest BCUT2D eigenvalue weighted by Gasteiger charge is -2.44. The summed E-state index contributed by atoms with van der Waals surface area (Å²) in [6, 6.07) is 0. The molecule has 0 saturated carbocycles. The third-order valence-electron chi connectivity index (χ3n) is 3.41. The second-order valence-corrected chi connectivity index (χ2v) is 8.30. The zero-order valence-corrected chi connectivity index (χ0v) is 15.7. The number of rotatable bonds is 8. The van der Waals surface area contributed by atoms with E-state index in [4.69, 9.17) is 4.55 Å². The normalized spacial score (nSPS) is 17.0. The molecule has 194 valence electrons. The van der Waals surface area contributed by atoms with Crippen molar-refractivity contribution in [2.45, 2.75) is 51.3 Å². The van der Waals surface area contributed by atoms with Crippen LogP contribution < -0.4 is 0 Å². The van der Waals surface area contributed by atoms with Crippen molar-refractivity contribution in [1.82, 2.24) is 0 Å². The Morgan fingerprint density at radius 1 is 0.469 bits per heavy atom. The molecule has 0 aromatic heterocycles. The second kappa shape index (κ2) is 7.40. The Hall–Kier alpha value is -0.700. The Morgan fingerprint density at radius 3 is 0.906 bits per heavy atom. The van der Waals surface area contributed by atoms with Crippen molar-refractivity contribution >= 4 is 33.3 Å². The fourth-order valence-corrected chi connectivity index (χ4v) is 2.78. The Kier molecular flexibility index (Phi) is 7.24. The van der Waals surface area contributed by atoms with Crippen LogP contribution in [0.15, 0.2) is 0 Å². The van der Waals surface area contributed by atoms with Gasteiger partial charge in [-0.2, -0.15) is 83.1 Å². The lowest BCUT2D eigenvalue weighted by molar-refractivity contribution is -0.453. The maximum atomic E-state index is 13.6. The Morgan fingerprint density at radius 2 is 0.688 bits per heavy atom. The van der Waals surface area contributed by atoms with Crippen molar-refractivity contribution in [3.63, 3.8) is 0 Å². The van der Waals surface area contributed by atoms with Crippen LogP contribution >= 0.6 is 23.2 Å². The number of hydrogen-bond acceptors (Lipinski definition) is 2. The minimum Gasteiger partial charge on any atom is -0.281 e. The van der Waals surface area contributed by atoms with Gasteiger partial charge in [0.05, 0.1) is 0 Å².